The lowest BCUT2D eigenvalue weighted by Gasteiger charge is -2.31. The summed E-state index contributed by atoms with van der Waals surface area (Å²) in [7, 11) is 0. The molecule has 1 saturated heterocycles. The Balaban J connectivity index is 1.24. The first-order valence-electron chi connectivity index (χ1n) is 13.0. The molecule has 2 aliphatic heterocycles. The lowest BCUT2D eigenvalue weighted by atomic mass is 9.81. The summed E-state index contributed by atoms with van der Waals surface area (Å²) in [6.45, 7) is 1.07. The SMILES string of the molecule is c1ccc(CO[C@@H]2[C@H](OCc3ccccc3)[C@H]3O[C@@H]2c2cc4ccc5cccc6ccc(c23)c4c56)cc1. The lowest BCUT2D eigenvalue weighted by molar-refractivity contribution is -0.0834. The second-order valence-corrected chi connectivity index (χ2v) is 10.2. The van der Waals surface area contributed by atoms with Gasteiger partial charge in [-0.3, -0.25) is 0 Å². The van der Waals surface area contributed by atoms with E-state index in [2.05, 4.69) is 97.1 Å². The number of hydrogen-bond donors (Lipinski definition) is 0. The van der Waals surface area contributed by atoms with Crippen molar-refractivity contribution >= 4 is 32.3 Å². The smallest absolute Gasteiger partial charge is 0.117 e. The zero-order valence-corrected chi connectivity index (χ0v) is 20.3. The van der Waals surface area contributed by atoms with Crippen LogP contribution < -0.4 is 0 Å². The molecule has 0 aromatic heterocycles. The van der Waals surface area contributed by atoms with E-state index in [0.29, 0.717) is 13.2 Å². The van der Waals surface area contributed by atoms with Crippen molar-refractivity contribution < 1.29 is 14.2 Å². The molecule has 0 radical (unpaired) electrons. The van der Waals surface area contributed by atoms with Crippen molar-refractivity contribution in [1.29, 1.82) is 0 Å². The van der Waals surface area contributed by atoms with Gasteiger partial charge in [0.25, 0.3) is 0 Å². The van der Waals surface area contributed by atoms with Gasteiger partial charge in [0, 0.05) is 0 Å². The number of hydrogen-bond acceptors (Lipinski definition) is 3. The first-order chi connectivity index (χ1) is 18.3. The highest BCUT2D eigenvalue weighted by Gasteiger charge is 2.54. The third-order valence-corrected chi connectivity index (χ3v) is 8.10. The van der Waals surface area contributed by atoms with Crippen molar-refractivity contribution in [3.05, 3.63) is 131 Å². The summed E-state index contributed by atoms with van der Waals surface area (Å²) in [5, 5.41) is 7.76. The van der Waals surface area contributed by atoms with Gasteiger partial charge in [-0.15, -0.1) is 0 Å². The molecular weight excluding hydrogens is 456 g/mol. The van der Waals surface area contributed by atoms with Gasteiger partial charge in [-0.1, -0.05) is 103 Å². The Morgan fingerprint density at radius 1 is 0.541 bits per heavy atom. The summed E-state index contributed by atoms with van der Waals surface area (Å²) in [5.41, 5.74) is 4.83. The molecular formula is C34H26O3. The topological polar surface area (TPSA) is 27.7 Å². The van der Waals surface area contributed by atoms with Crippen LogP contribution in [0, 0.1) is 0 Å². The summed E-state index contributed by atoms with van der Waals surface area (Å²) in [4.78, 5) is 0. The van der Waals surface area contributed by atoms with Crippen LogP contribution in [0.2, 0.25) is 0 Å². The summed E-state index contributed by atoms with van der Waals surface area (Å²) < 4.78 is 19.9. The van der Waals surface area contributed by atoms with Gasteiger partial charge in [-0.2, -0.15) is 0 Å². The number of fused-ring (bicyclic) bond motifs is 6. The van der Waals surface area contributed by atoms with E-state index in [0.717, 1.165) is 11.1 Å². The molecule has 180 valence electrons. The Hall–Kier alpha value is -3.76. The Morgan fingerprint density at radius 3 is 1.81 bits per heavy atom. The average Bonchev–Trinajstić information content (AvgIpc) is 3.51. The van der Waals surface area contributed by atoms with Crippen LogP contribution in [0.1, 0.15) is 34.5 Å². The highest BCUT2D eigenvalue weighted by atomic mass is 16.6. The quantitative estimate of drug-likeness (QED) is 0.226. The van der Waals surface area contributed by atoms with E-state index < -0.39 is 0 Å². The Kier molecular flexibility index (Phi) is 4.84. The fourth-order valence-electron chi connectivity index (χ4n) is 6.45. The fourth-order valence-corrected chi connectivity index (χ4v) is 6.45. The van der Waals surface area contributed by atoms with Crippen LogP contribution >= 0.6 is 0 Å². The lowest BCUT2D eigenvalue weighted by Crippen LogP contribution is -2.36. The molecule has 2 aliphatic rings. The predicted octanol–water partition coefficient (Wildman–Crippen LogP) is 7.88. The standard InChI is InChI=1S/C34H26O3/c1-3-8-21(9-4-1)19-35-33-31-27-18-25-15-14-23-12-7-13-24-16-17-26(29(25)28(23)24)30(27)32(37-31)34(33)36-20-22-10-5-2-6-11-22/h1-18,31-34H,19-20H2/t31-,32+,33+,34-/m1/s1. The van der Waals surface area contributed by atoms with Crippen LogP contribution in [0.4, 0.5) is 0 Å². The van der Waals surface area contributed by atoms with E-state index in [-0.39, 0.29) is 24.4 Å². The van der Waals surface area contributed by atoms with Crippen molar-refractivity contribution in [2.45, 2.75) is 37.6 Å². The van der Waals surface area contributed by atoms with Crippen molar-refractivity contribution in [3.63, 3.8) is 0 Å². The average molecular weight is 483 g/mol. The van der Waals surface area contributed by atoms with Gasteiger partial charge in [0.15, 0.2) is 0 Å². The zero-order valence-electron chi connectivity index (χ0n) is 20.3. The molecule has 3 nitrogen and oxygen atoms in total. The second-order valence-electron chi connectivity index (χ2n) is 10.2. The van der Waals surface area contributed by atoms with E-state index in [1.165, 1.54) is 43.4 Å². The molecule has 0 amide bonds. The molecule has 0 N–H and O–H groups in total. The van der Waals surface area contributed by atoms with E-state index in [1.54, 1.807) is 0 Å². The van der Waals surface area contributed by atoms with Crippen LogP contribution in [0.25, 0.3) is 32.3 Å². The molecule has 4 atom stereocenters. The third-order valence-electron chi connectivity index (χ3n) is 8.10. The van der Waals surface area contributed by atoms with E-state index in [9.17, 15) is 0 Å². The molecule has 0 saturated carbocycles. The number of benzene rings is 6. The molecule has 2 heterocycles. The van der Waals surface area contributed by atoms with Crippen LogP contribution in [0.15, 0.2) is 109 Å². The van der Waals surface area contributed by atoms with Crippen LogP contribution in [-0.4, -0.2) is 12.2 Å². The van der Waals surface area contributed by atoms with E-state index in [4.69, 9.17) is 14.2 Å². The Morgan fingerprint density at radius 2 is 1.14 bits per heavy atom. The highest BCUT2D eigenvalue weighted by Crippen LogP contribution is 2.56. The third kappa shape index (κ3) is 3.32. The van der Waals surface area contributed by atoms with Crippen molar-refractivity contribution in [2.75, 3.05) is 0 Å². The van der Waals surface area contributed by atoms with Crippen LogP contribution in [0.5, 0.6) is 0 Å². The monoisotopic (exact) mass is 482 g/mol. The largest absolute Gasteiger partial charge is 0.368 e. The summed E-state index contributed by atoms with van der Waals surface area (Å²) >= 11 is 0. The maximum Gasteiger partial charge on any atom is 0.117 e. The van der Waals surface area contributed by atoms with Crippen LogP contribution in [0.3, 0.4) is 0 Å². The van der Waals surface area contributed by atoms with Crippen molar-refractivity contribution in [1.82, 2.24) is 0 Å². The maximum absolute atomic E-state index is 6.71. The van der Waals surface area contributed by atoms with Gasteiger partial charge in [-0.25, -0.2) is 0 Å². The van der Waals surface area contributed by atoms with Gasteiger partial charge in [0.1, 0.15) is 24.4 Å². The molecule has 6 aromatic carbocycles. The van der Waals surface area contributed by atoms with Gasteiger partial charge in [-0.05, 0) is 60.6 Å². The minimum absolute atomic E-state index is 0.147. The molecule has 0 unspecified atom stereocenters. The van der Waals surface area contributed by atoms with E-state index >= 15 is 0 Å². The summed E-state index contributed by atoms with van der Waals surface area (Å²) in [6, 6.07) is 38.6. The molecule has 37 heavy (non-hydrogen) atoms. The molecule has 1 fully saturated rings. The molecule has 2 bridgehead atoms. The number of rotatable bonds is 6. The Labute approximate surface area is 215 Å². The summed E-state index contributed by atoms with van der Waals surface area (Å²) in [5.74, 6) is 0. The van der Waals surface area contributed by atoms with Gasteiger partial charge >= 0.3 is 0 Å². The molecule has 0 spiro atoms. The Bertz CT molecular complexity index is 1710. The minimum Gasteiger partial charge on any atom is -0.368 e. The minimum atomic E-state index is -0.181. The van der Waals surface area contributed by atoms with E-state index in [1.807, 2.05) is 12.1 Å². The first kappa shape index (κ1) is 21.3. The molecule has 0 aliphatic carbocycles. The van der Waals surface area contributed by atoms with Crippen molar-refractivity contribution in [2.24, 2.45) is 0 Å². The van der Waals surface area contributed by atoms with Gasteiger partial charge in [0.2, 0.25) is 0 Å². The van der Waals surface area contributed by atoms with Gasteiger partial charge in [0.05, 0.1) is 13.2 Å². The first-order valence-corrected chi connectivity index (χ1v) is 13.0. The van der Waals surface area contributed by atoms with Crippen LogP contribution in [-0.2, 0) is 27.4 Å². The molecule has 6 aromatic rings. The molecule has 3 heteroatoms. The number of ether oxygens (including phenoxy) is 3. The predicted molar refractivity (Wildman–Crippen MR) is 147 cm³/mol. The summed E-state index contributed by atoms with van der Waals surface area (Å²) in [6.07, 6.45) is -0.657. The highest BCUT2D eigenvalue weighted by molar-refractivity contribution is 6.24. The normalized spacial score (nSPS) is 22.4. The molecule has 8 rings (SSSR count). The second kappa shape index (κ2) is 8.39. The van der Waals surface area contributed by atoms with Gasteiger partial charge < -0.3 is 14.2 Å². The zero-order chi connectivity index (χ0) is 24.3. The maximum atomic E-state index is 6.71. The fraction of sp³-hybridized carbons (Fsp3) is 0.176. The van der Waals surface area contributed by atoms with Crippen molar-refractivity contribution in [3.8, 4) is 0 Å².